The lowest BCUT2D eigenvalue weighted by molar-refractivity contribution is -0.918. The van der Waals surface area contributed by atoms with E-state index >= 15 is 0 Å². The third-order valence-corrected chi connectivity index (χ3v) is 7.11. The first-order chi connectivity index (χ1) is 14.6. The number of fused-ring (bicyclic) bond motifs is 1. The van der Waals surface area contributed by atoms with E-state index in [1.54, 1.807) is 7.11 Å². The summed E-state index contributed by atoms with van der Waals surface area (Å²) in [5.41, 5.74) is 2.02. The van der Waals surface area contributed by atoms with E-state index in [4.69, 9.17) is 4.74 Å². The van der Waals surface area contributed by atoms with Crippen molar-refractivity contribution < 1.29 is 19.2 Å². The number of ether oxygens (including phenoxy) is 1. The third kappa shape index (κ3) is 4.79. The average Bonchev–Trinajstić information content (AvgIpc) is 3.29. The number of hydrogen-bond acceptors (Lipinski definition) is 4. The molecule has 3 N–H and O–H groups in total. The summed E-state index contributed by atoms with van der Waals surface area (Å²) < 4.78 is 5.28. The summed E-state index contributed by atoms with van der Waals surface area (Å²) in [5.74, 6) is 0.642. The first kappa shape index (κ1) is 20.8. The minimum Gasteiger partial charge on any atom is -0.497 e. The fourth-order valence-corrected chi connectivity index (χ4v) is 5.31. The minimum absolute atomic E-state index is 0.0841. The fourth-order valence-electron chi connectivity index (χ4n) is 4.20. The molecular weight excluding hydrogens is 398 g/mol. The summed E-state index contributed by atoms with van der Waals surface area (Å²) in [7, 11) is 1.66. The van der Waals surface area contributed by atoms with Crippen LogP contribution in [0.2, 0.25) is 0 Å². The van der Waals surface area contributed by atoms with Crippen LogP contribution < -0.4 is 20.3 Å². The molecule has 2 aromatic rings. The summed E-state index contributed by atoms with van der Waals surface area (Å²) in [6.45, 7) is 2.80. The summed E-state index contributed by atoms with van der Waals surface area (Å²) in [6.07, 6.45) is 2.61. The number of carbonyl (C=O) groups is 2. The molecule has 2 aliphatic rings. The molecule has 2 aliphatic heterocycles. The lowest BCUT2D eigenvalue weighted by atomic mass is 10.0. The van der Waals surface area contributed by atoms with Gasteiger partial charge in [-0.05, 0) is 36.4 Å². The molecule has 2 amide bonds. The van der Waals surface area contributed by atoms with Gasteiger partial charge in [-0.15, -0.1) is 11.8 Å². The normalized spacial score (nSPS) is 19.6. The van der Waals surface area contributed by atoms with Crippen molar-refractivity contribution in [2.75, 3.05) is 32.1 Å². The van der Waals surface area contributed by atoms with Gasteiger partial charge in [-0.2, -0.15) is 0 Å². The highest BCUT2D eigenvalue weighted by atomic mass is 32.2. The Morgan fingerprint density at radius 3 is 2.67 bits per heavy atom. The van der Waals surface area contributed by atoms with Crippen molar-refractivity contribution in [1.29, 1.82) is 0 Å². The van der Waals surface area contributed by atoms with Crippen LogP contribution in [-0.2, 0) is 9.59 Å². The van der Waals surface area contributed by atoms with Crippen LogP contribution in [0.3, 0.4) is 0 Å². The predicted octanol–water partition coefficient (Wildman–Crippen LogP) is 2.03. The Balaban J connectivity index is 1.38. The second-order valence-electron chi connectivity index (χ2n) is 7.79. The summed E-state index contributed by atoms with van der Waals surface area (Å²) in [6, 6.07) is 16.0. The topological polar surface area (TPSA) is 71.9 Å². The Morgan fingerprint density at radius 2 is 1.93 bits per heavy atom. The molecule has 30 heavy (non-hydrogen) atoms. The van der Waals surface area contributed by atoms with E-state index in [9.17, 15) is 9.59 Å². The van der Waals surface area contributed by atoms with E-state index in [1.807, 2.05) is 36.4 Å². The number of carbonyl (C=O) groups excluding carboxylic acids is 2. The molecule has 0 radical (unpaired) electrons. The molecule has 1 saturated heterocycles. The van der Waals surface area contributed by atoms with Crippen molar-refractivity contribution in [3.8, 4) is 5.75 Å². The summed E-state index contributed by atoms with van der Waals surface area (Å²) in [4.78, 5) is 27.6. The van der Waals surface area contributed by atoms with E-state index in [1.165, 1.54) is 35.1 Å². The van der Waals surface area contributed by atoms with Gasteiger partial charge in [0, 0.05) is 29.7 Å². The van der Waals surface area contributed by atoms with Crippen molar-refractivity contribution in [2.45, 2.75) is 35.4 Å². The van der Waals surface area contributed by atoms with Crippen LogP contribution >= 0.6 is 11.8 Å². The van der Waals surface area contributed by atoms with Crippen LogP contribution in [0, 0.1) is 0 Å². The number of nitrogens with one attached hydrogen (secondary N) is 3. The van der Waals surface area contributed by atoms with Crippen molar-refractivity contribution in [3.05, 3.63) is 54.1 Å². The standard InChI is InChI=1S/C23H27N3O3S/c1-29-17-10-8-16(9-11-17)19(26-12-4-5-13-26)15-24-22(27)14-21-23(28)25-18-6-2-3-7-20(18)30-21/h2-3,6-11,19,21H,4-5,12-15H2,1H3,(H,24,27)(H,25,28)/p+1/t19-,21+/m1/s1. The Kier molecular flexibility index (Phi) is 6.59. The van der Waals surface area contributed by atoms with Gasteiger partial charge in [0.05, 0.1) is 37.7 Å². The van der Waals surface area contributed by atoms with Gasteiger partial charge in [0.2, 0.25) is 11.8 Å². The fraction of sp³-hybridized carbons (Fsp3) is 0.391. The zero-order valence-corrected chi connectivity index (χ0v) is 18.0. The molecule has 0 aromatic heterocycles. The second kappa shape index (κ2) is 9.53. The lowest BCUT2D eigenvalue weighted by Gasteiger charge is -2.26. The van der Waals surface area contributed by atoms with E-state index < -0.39 is 5.25 Å². The van der Waals surface area contributed by atoms with Gasteiger partial charge in [-0.25, -0.2) is 0 Å². The number of anilines is 1. The number of thioether (sulfide) groups is 1. The van der Waals surface area contributed by atoms with Crippen LogP contribution in [0.15, 0.2) is 53.4 Å². The summed E-state index contributed by atoms with van der Waals surface area (Å²) in [5, 5.41) is 5.60. The first-order valence-corrected chi connectivity index (χ1v) is 11.3. The zero-order valence-electron chi connectivity index (χ0n) is 17.1. The Hall–Kier alpha value is -2.51. The van der Waals surface area contributed by atoms with E-state index in [-0.39, 0.29) is 24.3 Å². The molecule has 4 rings (SSSR count). The highest BCUT2D eigenvalue weighted by Gasteiger charge is 2.31. The van der Waals surface area contributed by atoms with E-state index in [0.717, 1.165) is 29.4 Å². The molecule has 0 bridgehead atoms. The highest BCUT2D eigenvalue weighted by Crippen LogP contribution is 2.36. The van der Waals surface area contributed by atoms with Gasteiger partial charge in [-0.3, -0.25) is 9.59 Å². The molecule has 2 aromatic carbocycles. The van der Waals surface area contributed by atoms with Gasteiger partial charge >= 0.3 is 0 Å². The van der Waals surface area contributed by atoms with Crippen LogP contribution in [0.4, 0.5) is 5.69 Å². The molecule has 0 aliphatic carbocycles. The van der Waals surface area contributed by atoms with E-state index in [0.29, 0.717) is 6.54 Å². The predicted molar refractivity (Wildman–Crippen MR) is 118 cm³/mol. The smallest absolute Gasteiger partial charge is 0.238 e. The quantitative estimate of drug-likeness (QED) is 0.634. The number of methoxy groups -OCH3 is 1. The molecule has 7 heteroatoms. The minimum atomic E-state index is -0.404. The number of benzene rings is 2. The molecule has 0 spiro atoms. The number of rotatable bonds is 7. The molecule has 2 heterocycles. The Morgan fingerprint density at radius 1 is 1.20 bits per heavy atom. The summed E-state index contributed by atoms with van der Waals surface area (Å²) >= 11 is 1.46. The SMILES string of the molecule is COc1ccc([C@@H](CNC(=O)C[C@@H]2Sc3ccccc3NC2=O)[NH+]2CCCC2)cc1. The van der Waals surface area contributed by atoms with Gasteiger partial charge in [0.25, 0.3) is 0 Å². The van der Waals surface area contributed by atoms with Gasteiger partial charge in [0.15, 0.2) is 0 Å². The van der Waals surface area contributed by atoms with Crippen molar-refractivity contribution >= 4 is 29.3 Å². The number of quaternary nitrogens is 1. The highest BCUT2D eigenvalue weighted by molar-refractivity contribution is 8.01. The zero-order chi connectivity index (χ0) is 20.9. The monoisotopic (exact) mass is 426 g/mol. The molecule has 0 unspecified atom stereocenters. The molecule has 158 valence electrons. The molecule has 0 saturated carbocycles. The number of hydrogen-bond donors (Lipinski definition) is 3. The van der Waals surface area contributed by atoms with Gasteiger partial charge in [0.1, 0.15) is 11.8 Å². The largest absolute Gasteiger partial charge is 0.497 e. The number of amides is 2. The number of likely N-dealkylation sites (tertiary alicyclic amines) is 1. The Bertz CT molecular complexity index is 897. The molecule has 2 atom stereocenters. The van der Waals surface area contributed by atoms with Crippen LogP contribution in [0.25, 0.3) is 0 Å². The van der Waals surface area contributed by atoms with Gasteiger partial charge in [-0.1, -0.05) is 12.1 Å². The number of para-hydroxylation sites is 1. The molecule has 6 nitrogen and oxygen atoms in total. The van der Waals surface area contributed by atoms with Crippen LogP contribution in [-0.4, -0.2) is 43.8 Å². The maximum Gasteiger partial charge on any atom is 0.238 e. The Labute approximate surface area is 181 Å². The second-order valence-corrected chi connectivity index (χ2v) is 9.04. The van der Waals surface area contributed by atoms with E-state index in [2.05, 4.69) is 22.8 Å². The maximum absolute atomic E-state index is 12.7. The lowest BCUT2D eigenvalue weighted by Crippen LogP contribution is -3.11. The van der Waals surface area contributed by atoms with Crippen molar-refractivity contribution in [3.63, 3.8) is 0 Å². The molecule has 1 fully saturated rings. The average molecular weight is 427 g/mol. The van der Waals surface area contributed by atoms with Crippen molar-refractivity contribution in [1.82, 2.24) is 5.32 Å². The first-order valence-electron chi connectivity index (χ1n) is 10.5. The van der Waals surface area contributed by atoms with Crippen LogP contribution in [0.1, 0.15) is 30.9 Å². The van der Waals surface area contributed by atoms with Crippen molar-refractivity contribution in [2.24, 2.45) is 0 Å². The maximum atomic E-state index is 12.7. The van der Waals surface area contributed by atoms with Gasteiger partial charge < -0.3 is 20.3 Å². The molecular formula is C23H28N3O3S+. The van der Waals surface area contributed by atoms with Crippen LogP contribution in [0.5, 0.6) is 5.75 Å². The third-order valence-electron chi connectivity index (χ3n) is 5.84.